The van der Waals surface area contributed by atoms with Crippen LogP contribution in [0.3, 0.4) is 0 Å². The second kappa shape index (κ2) is 5.06. The summed E-state index contributed by atoms with van der Waals surface area (Å²) in [4.78, 5) is 0. The Kier molecular flexibility index (Phi) is 4.31. The molecule has 0 fully saturated rings. The number of hydrogen-bond donors (Lipinski definition) is 0. The van der Waals surface area contributed by atoms with Crippen LogP contribution in [0.5, 0.6) is 0 Å². The molecule has 0 spiro atoms. The SMILES string of the molecule is O=S(=O)(Cl)C(c1ccc(F)c(C(F)(F)F)c1)C(F)(F)F. The van der Waals surface area contributed by atoms with Crippen molar-refractivity contribution in [2.45, 2.75) is 17.6 Å². The summed E-state index contributed by atoms with van der Waals surface area (Å²) in [6.45, 7) is 0. The maximum atomic E-state index is 12.9. The first-order valence-electron chi connectivity index (χ1n) is 4.61. The van der Waals surface area contributed by atoms with Gasteiger partial charge in [-0.1, -0.05) is 6.07 Å². The topological polar surface area (TPSA) is 34.1 Å². The van der Waals surface area contributed by atoms with Crippen molar-refractivity contribution < 1.29 is 39.2 Å². The molecule has 0 aliphatic heterocycles. The summed E-state index contributed by atoms with van der Waals surface area (Å²) in [5.74, 6) is -1.82. The molecular formula is C9H4ClF7O2S. The Balaban J connectivity index is 3.53. The monoisotopic (exact) mass is 344 g/mol. The number of alkyl halides is 6. The first-order valence-corrected chi connectivity index (χ1v) is 6.98. The molecule has 0 aliphatic rings. The highest BCUT2D eigenvalue weighted by molar-refractivity contribution is 8.14. The normalized spacial score (nSPS) is 15.2. The first kappa shape index (κ1) is 17.0. The molecule has 1 unspecified atom stereocenters. The van der Waals surface area contributed by atoms with Gasteiger partial charge in [0.2, 0.25) is 9.05 Å². The fourth-order valence-electron chi connectivity index (χ4n) is 1.43. The number of benzene rings is 1. The third kappa shape index (κ3) is 3.75. The van der Waals surface area contributed by atoms with Crippen LogP contribution in [0, 0.1) is 5.82 Å². The van der Waals surface area contributed by atoms with Crippen LogP contribution in [-0.2, 0) is 15.2 Å². The van der Waals surface area contributed by atoms with Crippen molar-refractivity contribution in [3.05, 3.63) is 35.1 Å². The average molecular weight is 345 g/mol. The Hall–Kier alpha value is -1.03. The molecule has 0 N–H and O–H groups in total. The molecule has 20 heavy (non-hydrogen) atoms. The molecule has 0 heterocycles. The zero-order valence-electron chi connectivity index (χ0n) is 9.06. The van der Waals surface area contributed by atoms with Crippen LogP contribution in [0.25, 0.3) is 0 Å². The van der Waals surface area contributed by atoms with Gasteiger partial charge >= 0.3 is 12.4 Å². The molecule has 0 saturated heterocycles. The van der Waals surface area contributed by atoms with Gasteiger partial charge in [0, 0.05) is 10.7 Å². The smallest absolute Gasteiger partial charge is 0.211 e. The van der Waals surface area contributed by atoms with E-state index in [4.69, 9.17) is 0 Å². The summed E-state index contributed by atoms with van der Waals surface area (Å²) < 4.78 is 110. The zero-order valence-corrected chi connectivity index (χ0v) is 10.6. The van der Waals surface area contributed by atoms with E-state index in [1.807, 2.05) is 0 Å². The van der Waals surface area contributed by atoms with Crippen molar-refractivity contribution in [3.63, 3.8) is 0 Å². The molecule has 114 valence electrons. The van der Waals surface area contributed by atoms with Crippen LogP contribution in [0.15, 0.2) is 18.2 Å². The van der Waals surface area contributed by atoms with Gasteiger partial charge in [0.05, 0.1) is 5.56 Å². The highest BCUT2D eigenvalue weighted by Gasteiger charge is 2.50. The highest BCUT2D eigenvalue weighted by atomic mass is 35.7. The van der Waals surface area contributed by atoms with Crippen molar-refractivity contribution in [2.24, 2.45) is 0 Å². The Bertz CT molecular complexity index is 606. The van der Waals surface area contributed by atoms with Crippen molar-refractivity contribution in [1.29, 1.82) is 0 Å². The number of hydrogen-bond acceptors (Lipinski definition) is 2. The first-order chi connectivity index (χ1) is 8.74. The summed E-state index contributed by atoms with van der Waals surface area (Å²) in [6.07, 6.45) is -10.7. The average Bonchev–Trinajstić information content (AvgIpc) is 2.14. The van der Waals surface area contributed by atoms with E-state index in [-0.39, 0.29) is 18.2 Å². The second-order valence-electron chi connectivity index (χ2n) is 3.63. The third-order valence-corrected chi connectivity index (χ3v) is 3.81. The summed E-state index contributed by atoms with van der Waals surface area (Å²) in [5.41, 5.74) is -3.33. The minimum atomic E-state index is -5.44. The molecule has 1 atom stereocenters. The minimum absolute atomic E-state index is 0.0962. The quantitative estimate of drug-likeness (QED) is 0.600. The van der Waals surface area contributed by atoms with Gasteiger partial charge in [-0.2, -0.15) is 26.3 Å². The molecule has 2 nitrogen and oxygen atoms in total. The van der Waals surface area contributed by atoms with Gasteiger partial charge in [-0.25, -0.2) is 12.8 Å². The maximum Gasteiger partial charge on any atom is 0.419 e. The lowest BCUT2D eigenvalue weighted by atomic mass is 10.1. The van der Waals surface area contributed by atoms with Crippen molar-refractivity contribution >= 4 is 19.7 Å². The molecule has 1 aromatic carbocycles. The lowest BCUT2D eigenvalue weighted by molar-refractivity contribution is -0.141. The van der Waals surface area contributed by atoms with Gasteiger partial charge in [0.1, 0.15) is 5.82 Å². The molecule has 0 radical (unpaired) electrons. The predicted octanol–water partition coefficient (Wildman–Crippen LogP) is 4.02. The Labute approximate surface area is 112 Å². The van der Waals surface area contributed by atoms with E-state index in [1.54, 1.807) is 0 Å². The van der Waals surface area contributed by atoms with Crippen molar-refractivity contribution in [1.82, 2.24) is 0 Å². The molecule has 0 aliphatic carbocycles. The molecule has 0 saturated carbocycles. The maximum absolute atomic E-state index is 12.9. The van der Waals surface area contributed by atoms with Crippen LogP contribution >= 0.6 is 10.7 Å². The molecule has 11 heteroatoms. The van der Waals surface area contributed by atoms with Gasteiger partial charge in [0.15, 0.2) is 5.25 Å². The zero-order chi connectivity index (χ0) is 15.9. The van der Waals surface area contributed by atoms with Gasteiger partial charge in [-0.05, 0) is 17.7 Å². The van der Waals surface area contributed by atoms with E-state index in [2.05, 4.69) is 10.7 Å². The van der Waals surface area contributed by atoms with E-state index in [0.717, 1.165) is 0 Å². The number of halogens is 8. The molecule has 0 bridgehead atoms. The Morgan fingerprint density at radius 1 is 1.05 bits per heavy atom. The summed E-state index contributed by atoms with van der Waals surface area (Å²) in [6, 6.07) is 0.148. The Morgan fingerprint density at radius 2 is 1.55 bits per heavy atom. The number of rotatable bonds is 2. The molecule has 1 rings (SSSR count). The van der Waals surface area contributed by atoms with Crippen LogP contribution in [0.2, 0.25) is 0 Å². The fourth-order valence-corrected chi connectivity index (χ4v) is 2.84. The fraction of sp³-hybridized carbons (Fsp3) is 0.333. The van der Waals surface area contributed by atoms with E-state index >= 15 is 0 Å². The summed E-state index contributed by atoms with van der Waals surface area (Å²) in [7, 11) is -0.691. The molecule has 0 amide bonds. The van der Waals surface area contributed by atoms with E-state index in [9.17, 15) is 39.2 Å². The van der Waals surface area contributed by atoms with E-state index in [1.165, 1.54) is 0 Å². The largest absolute Gasteiger partial charge is 0.419 e. The van der Waals surface area contributed by atoms with E-state index < -0.39 is 43.6 Å². The highest BCUT2D eigenvalue weighted by Crippen LogP contribution is 2.42. The molecule has 0 aromatic heterocycles. The van der Waals surface area contributed by atoms with Crippen LogP contribution in [-0.4, -0.2) is 14.6 Å². The molecule has 1 aromatic rings. The van der Waals surface area contributed by atoms with Crippen molar-refractivity contribution in [2.75, 3.05) is 0 Å². The molecular weight excluding hydrogens is 341 g/mol. The van der Waals surface area contributed by atoms with Crippen molar-refractivity contribution in [3.8, 4) is 0 Å². The minimum Gasteiger partial charge on any atom is -0.211 e. The third-order valence-electron chi connectivity index (χ3n) is 2.18. The lowest BCUT2D eigenvalue weighted by Crippen LogP contribution is -2.26. The van der Waals surface area contributed by atoms with Crippen LogP contribution < -0.4 is 0 Å². The predicted molar refractivity (Wildman–Crippen MR) is 55.0 cm³/mol. The van der Waals surface area contributed by atoms with E-state index in [0.29, 0.717) is 0 Å². The summed E-state index contributed by atoms with van der Waals surface area (Å²) >= 11 is 0. The van der Waals surface area contributed by atoms with Crippen LogP contribution in [0.1, 0.15) is 16.4 Å². The standard InChI is InChI=1S/C9H4ClF7O2S/c10-20(18,19)7(9(15,16)17)4-1-2-6(11)5(3-4)8(12,13)14/h1-3,7H. The van der Waals surface area contributed by atoms with Crippen LogP contribution in [0.4, 0.5) is 30.7 Å². The lowest BCUT2D eigenvalue weighted by Gasteiger charge is -2.19. The summed E-state index contributed by atoms with van der Waals surface area (Å²) in [5, 5.41) is -3.38. The van der Waals surface area contributed by atoms with Gasteiger partial charge < -0.3 is 0 Å². The Morgan fingerprint density at radius 3 is 1.90 bits per heavy atom. The van der Waals surface area contributed by atoms with Gasteiger partial charge in [-0.3, -0.25) is 0 Å². The van der Waals surface area contributed by atoms with Gasteiger partial charge in [-0.15, -0.1) is 0 Å². The second-order valence-corrected chi connectivity index (χ2v) is 6.35. The van der Waals surface area contributed by atoms with Gasteiger partial charge in [0.25, 0.3) is 0 Å².